The maximum absolute atomic E-state index is 14.6. The molecule has 0 amide bonds. The largest absolute Gasteiger partial charge is 0.367 e. The van der Waals surface area contributed by atoms with Crippen molar-refractivity contribution in [2.75, 3.05) is 5.32 Å². The molecule has 8 heteroatoms. The van der Waals surface area contributed by atoms with Gasteiger partial charge in [-0.2, -0.15) is 0 Å². The minimum absolute atomic E-state index is 0.150. The lowest BCUT2D eigenvalue weighted by Gasteiger charge is -2.27. The average Bonchev–Trinajstić information content (AvgIpc) is 3.07. The van der Waals surface area contributed by atoms with Gasteiger partial charge in [0.2, 0.25) is 0 Å². The fraction of sp³-hybridized carbons (Fsp3) is 0.250. The number of fused-ring (bicyclic) bond motifs is 1. The van der Waals surface area contributed by atoms with E-state index in [9.17, 15) is 12.8 Å². The van der Waals surface area contributed by atoms with Crippen molar-refractivity contribution in [2.45, 2.75) is 44.0 Å². The van der Waals surface area contributed by atoms with Gasteiger partial charge in [0.15, 0.2) is 11.5 Å². The van der Waals surface area contributed by atoms with Gasteiger partial charge in [-0.3, -0.25) is 0 Å². The van der Waals surface area contributed by atoms with Crippen molar-refractivity contribution in [3.8, 4) is 11.4 Å². The van der Waals surface area contributed by atoms with Gasteiger partial charge in [-0.15, -0.1) is 0 Å². The predicted octanol–water partition coefficient (Wildman–Crippen LogP) is 5.06. The molecule has 2 aromatic heterocycles. The van der Waals surface area contributed by atoms with Crippen molar-refractivity contribution in [3.05, 3.63) is 71.7 Å². The molecule has 4 aromatic rings. The van der Waals surface area contributed by atoms with Crippen LogP contribution in [0.5, 0.6) is 0 Å². The first-order valence-corrected chi connectivity index (χ1v) is 12.0. The number of aromatic nitrogens is 3. The van der Waals surface area contributed by atoms with Crippen LogP contribution in [-0.2, 0) is 10.0 Å². The van der Waals surface area contributed by atoms with Gasteiger partial charge in [0, 0.05) is 11.7 Å². The number of hydrogen-bond donors (Lipinski definition) is 1. The molecule has 1 N–H and O–H groups in total. The van der Waals surface area contributed by atoms with Crippen molar-refractivity contribution >= 4 is 26.9 Å². The van der Waals surface area contributed by atoms with Crippen molar-refractivity contribution in [2.24, 2.45) is 0 Å². The Bertz CT molecular complexity index is 1440. The summed E-state index contributed by atoms with van der Waals surface area (Å²) in [4.78, 5) is 9.37. The van der Waals surface area contributed by atoms with E-state index in [1.165, 1.54) is 10.0 Å². The molecule has 0 aliphatic heterocycles. The second-order valence-corrected chi connectivity index (χ2v) is 9.96. The van der Waals surface area contributed by atoms with Gasteiger partial charge < -0.3 is 5.32 Å². The summed E-state index contributed by atoms with van der Waals surface area (Å²) >= 11 is 0. The molecule has 1 saturated carbocycles. The second-order valence-electron chi connectivity index (χ2n) is 8.21. The molecule has 0 atom stereocenters. The Morgan fingerprint density at radius 1 is 1.03 bits per heavy atom. The van der Waals surface area contributed by atoms with E-state index in [0.29, 0.717) is 22.5 Å². The van der Waals surface area contributed by atoms with Crippen LogP contribution >= 0.6 is 0 Å². The van der Waals surface area contributed by atoms with E-state index in [-0.39, 0.29) is 28.0 Å². The molecule has 0 unspecified atom stereocenters. The molecule has 1 aliphatic rings. The lowest BCUT2D eigenvalue weighted by atomic mass is 9.93. The summed E-state index contributed by atoms with van der Waals surface area (Å²) in [6.45, 7) is 3.49. The first-order chi connectivity index (χ1) is 15.4. The highest BCUT2D eigenvalue weighted by molar-refractivity contribution is 7.90. The van der Waals surface area contributed by atoms with Crippen LogP contribution in [0.15, 0.2) is 59.5 Å². The predicted molar refractivity (Wildman–Crippen MR) is 123 cm³/mol. The van der Waals surface area contributed by atoms with Crippen LogP contribution in [0.2, 0.25) is 0 Å². The summed E-state index contributed by atoms with van der Waals surface area (Å²) < 4.78 is 43.2. The molecule has 2 aromatic carbocycles. The Labute approximate surface area is 186 Å². The van der Waals surface area contributed by atoms with Crippen LogP contribution in [0.3, 0.4) is 0 Å². The van der Waals surface area contributed by atoms with E-state index in [1.807, 2.05) is 0 Å². The fourth-order valence-corrected chi connectivity index (χ4v) is 5.77. The van der Waals surface area contributed by atoms with Gasteiger partial charge in [-0.05, 0) is 62.9 Å². The highest BCUT2D eigenvalue weighted by Gasteiger charge is 2.27. The molecular weight excluding hydrogens is 427 g/mol. The van der Waals surface area contributed by atoms with Crippen LogP contribution in [-0.4, -0.2) is 28.4 Å². The number of benzene rings is 2. The standard InChI is InChI=1S/C24H23FN4O2S/c1-15-8-3-6-13-21(15)32(30,31)29-16(2)14-19-23(26-17-9-7-10-17)27-22(28-24(19)29)18-11-4-5-12-20(18)25/h3-6,8,11-14,17H,7,9-10H2,1-2H3,(H,26,27,28). The van der Waals surface area contributed by atoms with E-state index < -0.39 is 15.8 Å². The van der Waals surface area contributed by atoms with Crippen molar-refractivity contribution in [3.63, 3.8) is 0 Å². The Morgan fingerprint density at radius 3 is 2.44 bits per heavy atom. The van der Waals surface area contributed by atoms with Crippen molar-refractivity contribution in [1.29, 1.82) is 0 Å². The number of hydrogen-bond acceptors (Lipinski definition) is 5. The molecule has 164 valence electrons. The Hall–Kier alpha value is -3.26. The van der Waals surface area contributed by atoms with Crippen molar-refractivity contribution in [1.82, 2.24) is 13.9 Å². The summed E-state index contributed by atoms with van der Waals surface area (Å²) in [6.07, 6.45) is 3.16. The van der Waals surface area contributed by atoms with Crippen LogP contribution in [0.1, 0.15) is 30.5 Å². The van der Waals surface area contributed by atoms with E-state index in [0.717, 1.165) is 19.3 Å². The van der Waals surface area contributed by atoms with Gasteiger partial charge in [0.25, 0.3) is 10.0 Å². The van der Waals surface area contributed by atoms with Gasteiger partial charge >= 0.3 is 0 Å². The third-order valence-corrected chi connectivity index (χ3v) is 7.92. The zero-order chi connectivity index (χ0) is 22.5. The first-order valence-electron chi connectivity index (χ1n) is 10.6. The molecule has 6 nitrogen and oxygen atoms in total. The Morgan fingerprint density at radius 2 is 1.75 bits per heavy atom. The number of anilines is 1. The summed E-state index contributed by atoms with van der Waals surface area (Å²) in [5.41, 5.74) is 1.62. The SMILES string of the molecule is Cc1ccccc1S(=O)(=O)n1c(C)cc2c(NC3CCC3)nc(-c3ccccc3F)nc21. The normalized spacial score (nSPS) is 14.5. The van der Waals surface area contributed by atoms with Crippen LogP contribution < -0.4 is 5.32 Å². The molecule has 1 fully saturated rings. The quantitative estimate of drug-likeness (QED) is 0.460. The van der Waals surface area contributed by atoms with E-state index in [4.69, 9.17) is 0 Å². The Balaban J connectivity index is 1.79. The Kier molecular flexibility index (Phi) is 4.97. The molecule has 32 heavy (non-hydrogen) atoms. The highest BCUT2D eigenvalue weighted by atomic mass is 32.2. The van der Waals surface area contributed by atoms with E-state index in [1.54, 1.807) is 62.4 Å². The maximum atomic E-state index is 14.6. The highest BCUT2D eigenvalue weighted by Crippen LogP contribution is 2.33. The topological polar surface area (TPSA) is 76.9 Å². The van der Waals surface area contributed by atoms with E-state index >= 15 is 0 Å². The van der Waals surface area contributed by atoms with Gasteiger partial charge in [0.1, 0.15) is 11.6 Å². The van der Waals surface area contributed by atoms with Gasteiger partial charge in [0.05, 0.1) is 15.8 Å². The molecule has 5 rings (SSSR count). The third kappa shape index (κ3) is 3.35. The number of aryl methyl sites for hydroxylation is 2. The lowest BCUT2D eigenvalue weighted by molar-refractivity contribution is 0.445. The summed E-state index contributed by atoms with van der Waals surface area (Å²) in [7, 11) is -3.92. The van der Waals surface area contributed by atoms with E-state index in [2.05, 4.69) is 15.3 Å². The monoisotopic (exact) mass is 450 g/mol. The molecule has 1 aliphatic carbocycles. The number of rotatable bonds is 5. The summed E-state index contributed by atoms with van der Waals surface area (Å²) in [5.74, 6) is 0.217. The number of halogens is 1. The van der Waals surface area contributed by atoms with Gasteiger partial charge in [-0.1, -0.05) is 30.3 Å². The average molecular weight is 451 g/mol. The molecular formula is C24H23FN4O2S. The number of nitrogens with zero attached hydrogens (tertiary/aromatic N) is 3. The summed E-state index contributed by atoms with van der Waals surface area (Å²) in [6, 6.07) is 15.1. The van der Waals surface area contributed by atoms with Crippen LogP contribution in [0, 0.1) is 19.7 Å². The maximum Gasteiger partial charge on any atom is 0.269 e. The molecule has 2 heterocycles. The zero-order valence-electron chi connectivity index (χ0n) is 17.8. The zero-order valence-corrected chi connectivity index (χ0v) is 18.7. The smallest absolute Gasteiger partial charge is 0.269 e. The van der Waals surface area contributed by atoms with Gasteiger partial charge in [-0.25, -0.2) is 26.7 Å². The van der Waals surface area contributed by atoms with Crippen LogP contribution in [0.25, 0.3) is 22.4 Å². The number of nitrogens with one attached hydrogen (secondary N) is 1. The fourth-order valence-electron chi connectivity index (χ4n) is 4.05. The minimum Gasteiger partial charge on any atom is -0.367 e. The molecule has 0 spiro atoms. The minimum atomic E-state index is -3.92. The molecule has 0 bridgehead atoms. The third-order valence-electron chi connectivity index (χ3n) is 5.96. The molecule has 0 saturated heterocycles. The second kappa shape index (κ2) is 7.70. The summed E-state index contributed by atoms with van der Waals surface area (Å²) in [5, 5.41) is 4.02. The molecule has 0 radical (unpaired) electrons. The van der Waals surface area contributed by atoms with Crippen LogP contribution in [0.4, 0.5) is 10.2 Å². The first kappa shape index (κ1) is 20.6. The van der Waals surface area contributed by atoms with Crippen molar-refractivity contribution < 1.29 is 12.8 Å². The lowest BCUT2D eigenvalue weighted by Crippen LogP contribution is -2.27.